The van der Waals surface area contributed by atoms with Crippen molar-refractivity contribution in [1.82, 2.24) is 10.1 Å². The van der Waals surface area contributed by atoms with E-state index in [9.17, 15) is 4.79 Å². The molecule has 0 fully saturated rings. The molecule has 7 nitrogen and oxygen atoms in total. The molecule has 0 saturated heterocycles. The van der Waals surface area contributed by atoms with Gasteiger partial charge in [-0.05, 0) is 48.5 Å². The number of hydrogen-bond acceptors (Lipinski definition) is 6. The van der Waals surface area contributed by atoms with Gasteiger partial charge in [-0.3, -0.25) is 4.79 Å². The van der Waals surface area contributed by atoms with E-state index in [0.29, 0.717) is 23.8 Å². The van der Waals surface area contributed by atoms with Gasteiger partial charge in [0.2, 0.25) is 17.6 Å². The Bertz CT molecular complexity index is 1140. The standard InChI is InChI=1S/C24H22N4O3/c1-30-19-13-11-17(12-14-19)24-27-23(31-28-24)16-15-22(29)26-21-10-6-5-9-20(21)25-18-7-3-2-4-8-18/h2-14,25H,15-16H2,1H3,(H,26,29). The number of benzene rings is 3. The third kappa shape index (κ3) is 5.27. The van der Waals surface area contributed by atoms with Crippen molar-refractivity contribution >= 4 is 23.0 Å². The summed E-state index contributed by atoms with van der Waals surface area (Å²) in [7, 11) is 1.61. The summed E-state index contributed by atoms with van der Waals surface area (Å²) < 4.78 is 10.4. The Hall–Kier alpha value is -4.13. The van der Waals surface area contributed by atoms with Crippen LogP contribution < -0.4 is 15.4 Å². The molecule has 0 aliphatic carbocycles. The maximum absolute atomic E-state index is 12.5. The lowest BCUT2D eigenvalue weighted by molar-refractivity contribution is -0.116. The summed E-state index contributed by atoms with van der Waals surface area (Å²) in [5.41, 5.74) is 3.30. The fourth-order valence-corrected chi connectivity index (χ4v) is 3.03. The monoisotopic (exact) mass is 414 g/mol. The fraction of sp³-hybridized carbons (Fsp3) is 0.125. The van der Waals surface area contributed by atoms with Crippen LogP contribution >= 0.6 is 0 Å². The van der Waals surface area contributed by atoms with Gasteiger partial charge in [0.15, 0.2) is 0 Å². The first-order valence-electron chi connectivity index (χ1n) is 9.89. The number of hydrogen-bond donors (Lipinski definition) is 2. The van der Waals surface area contributed by atoms with Gasteiger partial charge in [-0.25, -0.2) is 0 Å². The molecule has 4 rings (SSSR count). The molecule has 1 aromatic heterocycles. The number of nitrogens with zero attached hydrogens (tertiary/aromatic N) is 2. The molecule has 31 heavy (non-hydrogen) atoms. The third-order valence-electron chi connectivity index (χ3n) is 4.64. The topological polar surface area (TPSA) is 89.3 Å². The quantitative estimate of drug-likeness (QED) is 0.419. The van der Waals surface area contributed by atoms with Gasteiger partial charge in [-0.15, -0.1) is 0 Å². The Kier molecular flexibility index (Phi) is 6.23. The van der Waals surface area contributed by atoms with Gasteiger partial charge >= 0.3 is 0 Å². The maximum Gasteiger partial charge on any atom is 0.227 e. The van der Waals surface area contributed by atoms with Crippen molar-refractivity contribution in [3.8, 4) is 17.1 Å². The van der Waals surface area contributed by atoms with Gasteiger partial charge in [-0.2, -0.15) is 4.98 Å². The van der Waals surface area contributed by atoms with E-state index >= 15 is 0 Å². The summed E-state index contributed by atoms with van der Waals surface area (Å²) >= 11 is 0. The average Bonchev–Trinajstić information content (AvgIpc) is 3.29. The van der Waals surface area contributed by atoms with Gasteiger partial charge < -0.3 is 19.9 Å². The number of rotatable bonds is 8. The van der Waals surface area contributed by atoms with Gasteiger partial charge in [0.25, 0.3) is 0 Å². The average molecular weight is 414 g/mol. The minimum absolute atomic E-state index is 0.133. The number of para-hydroxylation sites is 3. The molecule has 0 unspecified atom stereocenters. The minimum Gasteiger partial charge on any atom is -0.497 e. The fourth-order valence-electron chi connectivity index (χ4n) is 3.03. The second-order valence-electron chi connectivity index (χ2n) is 6.83. The van der Waals surface area contributed by atoms with Gasteiger partial charge in [0.05, 0.1) is 18.5 Å². The summed E-state index contributed by atoms with van der Waals surface area (Å²) in [6.45, 7) is 0. The Morgan fingerprint density at radius 3 is 2.39 bits per heavy atom. The van der Waals surface area contributed by atoms with Crippen molar-refractivity contribution < 1.29 is 14.1 Å². The predicted octanol–water partition coefficient (Wildman–Crippen LogP) is 5.06. The lowest BCUT2D eigenvalue weighted by Gasteiger charge is -2.12. The molecule has 3 aromatic carbocycles. The molecule has 0 saturated carbocycles. The Morgan fingerprint density at radius 1 is 0.935 bits per heavy atom. The largest absolute Gasteiger partial charge is 0.497 e. The Balaban J connectivity index is 1.35. The molecule has 1 amide bonds. The van der Waals surface area contributed by atoms with Crippen LogP contribution in [0.5, 0.6) is 5.75 Å². The zero-order chi connectivity index (χ0) is 21.5. The molecule has 0 atom stereocenters. The van der Waals surface area contributed by atoms with Crippen molar-refractivity contribution in [2.24, 2.45) is 0 Å². The van der Waals surface area contributed by atoms with E-state index in [2.05, 4.69) is 20.8 Å². The second-order valence-corrected chi connectivity index (χ2v) is 6.83. The van der Waals surface area contributed by atoms with Crippen LogP contribution in [0.15, 0.2) is 83.4 Å². The summed E-state index contributed by atoms with van der Waals surface area (Å²) in [6, 6.07) is 24.7. The highest BCUT2D eigenvalue weighted by Gasteiger charge is 2.12. The highest BCUT2D eigenvalue weighted by molar-refractivity contribution is 5.94. The number of aryl methyl sites for hydroxylation is 1. The zero-order valence-corrected chi connectivity index (χ0v) is 17.0. The van der Waals surface area contributed by atoms with E-state index in [1.165, 1.54) is 0 Å². The predicted molar refractivity (Wildman–Crippen MR) is 119 cm³/mol. The molecule has 4 aromatic rings. The SMILES string of the molecule is COc1ccc(-c2noc(CCC(=O)Nc3ccccc3Nc3ccccc3)n2)cc1. The second kappa shape index (κ2) is 9.58. The number of carbonyl (C=O) groups is 1. The van der Waals surface area contributed by atoms with Crippen LogP contribution in [0.4, 0.5) is 17.1 Å². The molecule has 7 heteroatoms. The smallest absolute Gasteiger partial charge is 0.227 e. The summed E-state index contributed by atoms with van der Waals surface area (Å²) in [5.74, 6) is 1.52. The summed E-state index contributed by atoms with van der Waals surface area (Å²) in [5, 5.41) is 10.3. The van der Waals surface area contributed by atoms with Crippen LogP contribution in [0.3, 0.4) is 0 Å². The lowest BCUT2D eigenvalue weighted by atomic mass is 10.2. The van der Waals surface area contributed by atoms with Crippen molar-refractivity contribution in [1.29, 1.82) is 0 Å². The molecule has 156 valence electrons. The normalized spacial score (nSPS) is 10.5. The number of nitrogens with one attached hydrogen (secondary N) is 2. The maximum atomic E-state index is 12.5. The minimum atomic E-state index is -0.133. The molecule has 1 heterocycles. The van der Waals surface area contributed by atoms with E-state index in [1.807, 2.05) is 78.9 Å². The van der Waals surface area contributed by atoms with Crippen LogP contribution in [-0.2, 0) is 11.2 Å². The Labute approximate surface area is 180 Å². The van der Waals surface area contributed by atoms with Crippen molar-refractivity contribution in [2.45, 2.75) is 12.8 Å². The van der Waals surface area contributed by atoms with Crippen molar-refractivity contribution in [2.75, 3.05) is 17.7 Å². The van der Waals surface area contributed by atoms with Gasteiger partial charge in [-0.1, -0.05) is 35.5 Å². The summed E-state index contributed by atoms with van der Waals surface area (Å²) in [6.07, 6.45) is 0.577. The highest BCUT2D eigenvalue weighted by atomic mass is 16.5. The van der Waals surface area contributed by atoms with E-state index in [0.717, 1.165) is 22.7 Å². The van der Waals surface area contributed by atoms with Crippen LogP contribution in [0.25, 0.3) is 11.4 Å². The van der Waals surface area contributed by atoms with E-state index in [-0.39, 0.29) is 12.3 Å². The van der Waals surface area contributed by atoms with Crippen LogP contribution in [0.1, 0.15) is 12.3 Å². The molecule has 0 aliphatic heterocycles. The van der Waals surface area contributed by atoms with E-state index in [1.54, 1.807) is 7.11 Å². The molecule has 0 radical (unpaired) electrons. The molecule has 2 N–H and O–H groups in total. The molecule has 0 spiro atoms. The molecule has 0 aliphatic rings. The molecular weight excluding hydrogens is 392 g/mol. The number of amides is 1. The highest BCUT2D eigenvalue weighted by Crippen LogP contribution is 2.25. The van der Waals surface area contributed by atoms with E-state index < -0.39 is 0 Å². The van der Waals surface area contributed by atoms with E-state index in [4.69, 9.17) is 9.26 Å². The van der Waals surface area contributed by atoms with Crippen molar-refractivity contribution in [3.63, 3.8) is 0 Å². The van der Waals surface area contributed by atoms with Gasteiger partial charge in [0.1, 0.15) is 5.75 Å². The van der Waals surface area contributed by atoms with Gasteiger partial charge in [0, 0.05) is 24.1 Å². The summed E-state index contributed by atoms with van der Waals surface area (Å²) in [4.78, 5) is 16.9. The number of anilines is 3. The first kappa shape index (κ1) is 20.2. The number of aromatic nitrogens is 2. The third-order valence-corrected chi connectivity index (χ3v) is 4.64. The zero-order valence-electron chi connectivity index (χ0n) is 17.0. The number of methoxy groups -OCH3 is 1. The number of ether oxygens (including phenoxy) is 1. The molecule has 0 bridgehead atoms. The van der Waals surface area contributed by atoms with Crippen LogP contribution in [0, 0.1) is 0 Å². The van der Waals surface area contributed by atoms with Crippen LogP contribution in [0.2, 0.25) is 0 Å². The molecular formula is C24H22N4O3. The van der Waals surface area contributed by atoms with Crippen molar-refractivity contribution in [3.05, 3.63) is 84.8 Å². The van der Waals surface area contributed by atoms with Crippen LogP contribution in [-0.4, -0.2) is 23.2 Å². The first-order valence-corrected chi connectivity index (χ1v) is 9.89. The number of carbonyl (C=O) groups excluding carboxylic acids is 1. The first-order chi connectivity index (χ1) is 15.2. The Morgan fingerprint density at radius 2 is 1.65 bits per heavy atom. The lowest BCUT2D eigenvalue weighted by Crippen LogP contribution is -2.13.